The Balaban J connectivity index is 3.06. The van der Waals surface area contributed by atoms with Crippen molar-refractivity contribution >= 4 is 5.95 Å². The van der Waals surface area contributed by atoms with E-state index < -0.39 is 12.2 Å². The fourth-order valence-electron chi connectivity index (χ4n) is 0.577. The first-order chi connectivity index (χ1) is 5.63. The number of hydrogen-bond acceptors (Lipinski definition) is 5. The van der Waals surface area contributed by atoms with Crippen LogP contribution in [-0.4, -0.2) is 22.1 Å². The van der Waals surface area contributed by atoms with Gasteiger partial charge in [0.25, 0.3) is 6.43 Å². The Bertz CT molecular complexity index is 280. The van der Waals surface area contributed by atoms with E-state index in [4.69, 9.17) is 5.73 Å². The van der Waals surface area contributed by atoms with Crippen LogP contribution in [-0.2, 0) is 0 Å². The standard InChI is InChI=1S/C5H6F2N4O/c1-12-5-10-3(2(6)7)9-4(8)11-5/h2H,1H3,(H2,8,9,10,11). The van der Waals surface area contributed by atoms with Crippen molar-refractivity contribution in [2.45, 2.75) is 6.43 Å². The third-order valence-electron chi connectivity index (χ3n) is 1.03. The molecule has 7 heteroatoms. The Morgan fingerprint density at radius 2 is 2.00 bits per heavy atom. The Labute approximate surface area is 66.6 Å². The van der Waals surface area contributed by atoms with Gasteiger partial charge in [-0.2, -0.15) is 15.0 Å². The van der Waals surface area contributed by atoms with Crippen LogP contribution in [0.15, 0.2) is 0 Å². The van der Waals surface area contributed by atoms with Gasteiger partial charge < -0.3 is 10.5 Å². The molecular weight excluding hydrogens is 170 g/mol. The molecule has 1 aromatic rings. The van der Waals surface area contributed by atoms with Gasteiger partial charge >= 0.3 is 6.01 Å². The molecule has 0 fully saturated rings. The van der Waals surface area contributed by atoms with E-state index in [0.29, 0.717) is 0 Å². The molecule has 1 heterocycles. The second kappa shape index (κ2) is 3.24. The smallest absolute Gasteiger partial charge is 0.321 e. The second-order valence-corrected chi connectivity index (χ2v) is 1.84. The molecule has 0 radical (unpaired) electrons. The molecule has 1 aromatic heterocycles. The summed E-state index contributed by atoms with van der Waals surface area (Å²) in [7, 11) is 1.25. The molecule has 0 aliphatic heterocycles. The quantitative estimate of drug-likeness (QED) is 0.705. The highest BCUT2D eigenvalue weighted by atomic mass is 19.3. The van der Waals surface area contributed by atoms with Crippen molar-refractivity contribution in [3.8, 4) is 6.01 Å². The Hall–Kier alpha value is -1.53. The van der Waals surface area contributed by atoms with Crippen molar-refractivity contribution in [3.05, 3.63) is 5.82 Å². The third kappa shape index (κ3) is 1.74. The molecule has 66 valence electrons. The van der Waals surface area contributed by atoms with Crippen molar-refractivity contribution in [1.29, 1.82) is 0 Å². The summed E-state index contributed by atoms with van der Waals surface area (Å²) < 4.78 is 28.5. The van der Waals surface area contributed by atoms with Crippen LogP contribution < -0.4 is 10.5 Å². The fraction of sp³-hybridized carbons (Fsp3) is 0.400. The highest BCUT2D eigenvalue weighted by Crippen LogP contribution is 2.16. The van der Waals surface area contributed by atoms with Crippen molar-refractivity contribution < 1.29 is 13.5 Å². The zero-order chi connectivity index (χ0) is 9.14. The first kappa shape index (κ1) is 8.57. The lowest BCUT2D eigenvalue weighted by Gasteiger charge is -2.01. The Morgan fingerprint density at radius 1 is 1.33 bits per heavy atom. The first-order valence-corrected chi connectivity index (χ1v) is 2.97. The molecule has 0 saturated carbocycles. The van der Waals surface area contributed by atoms with Gasteiger partial charge in [-0.25, -0.2) is 8.78 Å². The fourth-order valence-corrected chi connectivity index (χ4v) is 0.577. The molecule has 0 aliphatic rings. The average molecular weight is 176 g/mol. The number of aromatic nitrogens is 3. The van der Waals surface area contributed by atoms with Crippen LogP contribution in [0.1, 0.15) is 12.2 Å². The molecular formula is C5H6F2N4O. The van der Waals surface area contributed by atoms with E-state index in [2.05, 4.69) is 19.7 Å². The number of methoxy groups -OCH3 is 1. The van der Waals surface area contributed by atoms with Gasteiger partial charge in [0.1, 0.15) is 0 Å². The molecule has 0 atom stereocenters. The highest BCUT2D eigenvalue weighted by molar-refractivity contribution is 5.18. The zero-order valence-corrected chi connectivity index (χ0v) is 6.16. The van der Waals surface area contributed by atoms with Gasteiger partial charge in [-0.1, -0.05) is 0 Å². The van der Waals surface area contributed by atoms with Crippen LogP contribution in [0.3, 0.4) is 0 Å². The summed E-state index contributed by atoms with van der Waals surface area (Å²) in [6, 6.07) is -0.210. The maximum absolute atomic E-state index is 12.0. The summed E-state index contributed by atoms with van der Waals surface area (Å²) >= 11 is 0. The van der Waals surface area contributed by atoms with E-state index in [1.165, 1.54) is 7.11 Å². The molecule has 5 nitrogen and oxygen atoms in total. The molecule has 2 N–H and O–H groups in total. The molecule has 0 spiro atoms. The number of nitrogen functional groups attached to an aromatic ring is 1. The first-order valence-electron chi connectivity index (χ1n) is 2.97. The third-order valence-corrected chi connectivity index (χ3v) is 1.03. The maximum Gasteiger partial charge on any atom is 0.321 e. The van der Waals surface area contributed by atoms with Crippen molar-refractivity contribution in [2.24, 2.45) is 0 Å². The molecule has 0 aromatic carbocycles. The van der Waals surface area contributed by atoms with E-state index in [1.807, 2.05) is 0 Å². The molecule has 0 unspecified atom stereocenters. The topological polar surface area (TPSA) is 73.9 Å². The molecule has 0 bridgehead atoms. The van der Waals surface area contributed by atoms with Crippen LogP contribution in [0, 0.1) is 0 Å². The minimum atomic E-state index is -2.77. The number of nitrogens with two attached hydrogens (primary N) is 1. The van der Waals surface area contributed by atoms with E-state index in [9.17, 15) is 8.78 Å². The normalized spacial score (nSPS) is 10.3. The van der Waals surface area contributed by atoms with Gasteiger partial charge in [0, 0.05) is 0 Å². The number of nitrogens with zero attached hydrogens (tertiary/aromatic N) is 3. The molecule has 0 amide bonds. The number of anilines is 1. The van der Waals surface area contributed by atoms with Gasteiger partial charge in [0.15, 0.2) is 0 Å². The predicted molar refractivity (Wildman–Crippen MR) is 35.7 cm³/mol. The van der Waals surface area contributed by atoms with Crippen LogP contribution in [0.2, 0.25) is 0 Å². The lowest BCUT2D eigenvalue weighted by Crippen LogP contribution is -2.05. The summed E-state index contributed by atoms with van der Waals surface area (Å²) in [5.74, 6) is -0.962. The summed E-state index contributed by atoms with van der Waals surface area (Å²) in [6.07, 6.45) is -2.77. The number of hydrogen-bond donors (Lipinski definition) is 1. The average Bonchev–Trinajstić information content (AvgIpc) is 2.03. The number of ether oxygens (including phenoxy) is 1. The largest absolute Gasteiger partial charge is 0.467 e. The zero-order valence-electron chi connectivity index (χ0n) is 6.16. The van der Waals surface area contributed by atoms with Crippen LogP contribution in [0.4, 0.5) is 14.7 Å². The summed E-state index contributed by atoms with van der Waals surface area (Å²) in [5.41, 5.74) is 5.10. The van der Waals surface area contributed by atoms with Gasteiger partial charge in [-0.3, -0.25) is 0 Å². The molecule has 12 heavy (non-hydrogen) atoms. The minimum Gasteiger partial charge on any atom is -0.467 e. The monoisotopic (exact) mass is 176 g/mol. The molecule has 1 rings (SSSR count). The Morgan fingerprint density at radius 3 is 2.50 bits per heavy atom. The van der Waals surface area contributed by atoms with Gasteiger partial charge in [-0.05, 0) is 0 Å². The van der Waals surface area contributed by atoms with Gasteiger partial charge in [0.2, 0.25) is 11.8 Å². The van der Waals surface area contributed by atoms with Crippen LogP contribution in [0.25, 0.3) is 0 Å². The number of halogens is 2. The Kier molecular flexibility index (Phi) is 2.32. The van der Waals surface area contributed by atoms with E-state index in [0.717, 1.165) is 0 Å². The lowest BCUT2D eigenvalue weighted by molar-refractivity contribution is 0.138. The van der Waals surface area contributed by atoms with Gasteiger partial charge in [-0.15, -0.1) is 0 Å². The highest BCUT2D eigenvalue weighted by Gasteiger charge is 2.13. The lowest BCUT2D eigenvalue weighted by atomic mass is 10.6. The van der Waals surface area contributed by atoms with E-state index in [1.54, 1.807) is 0 Å². The number of rotatable bonds is 2. The van der Waals surface area contributed by atoms with Crippen molar-refractivity contribution in [2.75, 3.05) is 12.8 Å². The van der Waals surface area contributed by atoms with E-state index in [-0.39, 0.29) is 12.0 Å². The molecule has 0 saturated heterocycles. The number of alkyl halides is 2. The van der Waals surface area contributed by atoms with Crippen LogP contribution >= 0.6 is 0 Å². The van der Waals surface area contributed by atoms with Crippen molar-refractivity contribution in [3.63, 3.8) is 0 Å². The summed E-state index contributed by atoms with van der Waals surface area (Å²) in [5, 5.41) is 0. The molecule has 0 aliphatic carbocycles. The maximum atomic E-state index is 12.0. The predicted octanol–water partition coefficient (Wildman–Crippen LogP) is 0.400. The second-order valence-electron chi connectivity index (χ2n) is 1.84. The minimum absolute atomic E-state index is 0.210. The van der Waals surface area contributed by atoms with Gasteiger partial charge in [0.05, 0.1) is 7.11 Å². The van der Waals surface area contributed by atoms with E-state index >= 15 is 0 Å². The van der Waals surface area contributed by atoms with Crippen molar-refractivity contribution in [1.82, 2.24) is 15.0 Å². The SMILES string of the molecule is COc1nc(N)nc(C(F)F)n1. The van der Waals surface area contributed by atoms with Crippen LogP contribution in [0.5, 0.6) is 6.01 Å². The summed E-state index contributed by atoms with van der Waals surface area (Å²) in [6.45, 7) is 0. The summed E-state index contributed by atoms with van der Waals surface area (Å²) in [4.78, 5) is 9.92.